The van der Waals surface area contributed by atoms with Crippen molar-refractivity contribution in [3.63, 3.8) is 0 Å². The number of nitrogens with one attached hydrogen (secondary N) is 1. The largest absolute Gasteiger partial charge is 0.377 e. The molecular formula is C16H24BrFN2O. The first-order valence-electron chi connectivity index (χ1n) is 7.56. The number of hydrogen-bond donors (Lipinski definition) is 2. The number of benzene rings is 1. The van der Waals surface area contributed by atoms with E-state index in [9.17, 15) is 4.39 Å². The summed E-state index contributed by atoms with van der Waals surface area (Å²) in [4.78, 5) is 0. The van der Waals surface area contributed by atoms with Gasteiger partial charge >= 0.3 is 0 Å². The Morgan fingerprint density at radius 1 is 1.33 bits per heavy atom. The highest BCUT2D eigenvalue weighted by molar-refractivity contribution is 9.10. The van der Waals surface area contributed by atoms with Crippen molar-refractivity contribution in [3.8, 4) is 0 Å². The van der Waals surface area contributed by atoms with Crippen molar-refractivity contribution >= 4 is 15.9 Å². The summed E-state index contributed by atoms with van der Waals surface area (Å²) < 4.78 is 20.7. The molecule has 0 aliphatic heterocycles. The van der Waals surface area contributed by atoms with Crippen molar-refractivity contribution in [3.05, 3.63) is 34.1 Å². The van der Waals surface area contributed by atoms with Gasteiger partial charge in [-0.15, -0.1) is 0 Å². The monoisotopic (exact) mass is 358 g/mol. The number of methoxy groups -OCH3 is 1. The van der Waals surface area contributed by atoms with Crippen LogP contribution < -0.4 is 11.3 Å². The number of hydrazine groups is 1. The minimum Gasteiger partial charge on any atom is -0.377 e. The average Bonchev–Trinajstić information content (AvgIpc) is 2.73. The van der Waals surface area contributed by atoms with Crippen LogP contribution in [0, 0.1) is 5.82 Å². The van der Waals surface area contributed by atoms with Gasteiger partial charge in [-0.25, -0.2) is 4.39 Å². The highest BCUT2D eigenvalue weighted by atomic mass is 79.9. The van der Waals surface area contributed by atoms with Crippen molar-refractivity contribution in [1.29, 1.82) is 0 Å². The fourth-order valence-electron chi connectivity index (χ4n) is 3.33. The number of halogens is 2. The molecule has 21 heavy (non-hydrogen) atoms. The summed E-state index contributed by atoms with van der Waals surface area (Å²) in [5.41, 5.74) is 3.25. The van der Waals surface area contributed by atoms with E-state index in [1.165, 1.54) is 18.9 Å². The normalized spacial score (nSPS) is 20.0. The molecule has 1 fully saturated rings. The Balaban J connectivity index is 2.20. The van der Waals surface area contributed by atoms with Gasteiger partial charge in [0.15, 0.2) is 0 Å². The molecule has 0 bridgehead atoms. The van der Waals surface area contributed by atoms with Gasteiger partial charge in [0.05, 0.1) is 11.6 Å². The van der Waals surface area contributed by atoms with Gasteiger partial charge in [-0.2, -0.15) is 0 Å². The van der Waals surface area contributed by atoms with E-state index < -0.39 is 0 Å². The maximum absolute atomic E-state index is 14.1. The second-order valence-electron chi connectivity index (χ2n) is 5.84. The Morgan fingerprint density at radius 3 is 2.52 bits per heavy atom. The van der Waals surface area contributed by atoms with Crippen LogP contribution in [0.25, 0.3) is 0 Å². The Hall–Kier alpha value is -0.490. The van der Waals surface area contributed by atoms with E-state index in [0.29, 0.717) is 12.0 Å². The van der Waals surface area contributed by atoms with Crippen LogP contribution in [0.3, 0.4) is 0 Å². The van der Waals surface area contributed by atoms with Gasteiger partial charge in [0.2, 0.25) is 0 Å². The van der Waals surface area contributed by atoms with Crippen LogP contribution >= 0.6 is 15.9 Å². The lowest BCUT2D eigenvalue weighted by Crippen LogP contribution is -2.55. The van der Waals surface area contributed by atoms with E-state index >= 15 is 0 Å². The molecule has 2 rings (SSSR count). The van der Waals surface area contributed by atoms with Crippen LogP contribution in [0.2, 0.25) is 0 Å². The maximum atomic E-state index is 14.1. The summed E-state index contributed by atoms with van der Waals surface area (Å²) in [6, 6.07) is 5.08. The minimum atomic E-state index is -0.301. The van der Waals surface area contributed by atoms with E-state index in [0.717, 1.165) is 30.2 Å². The molecule has 1 aliphatic carbocycles. The molecule has 1 saturated carbocycles. The lowest BCUT2D eigenvalue weighted by atomic mass is 9.83. The fraction of sp³-hybridized carbons (Fsp3) is 0.625. The Labute approximate surface area is 134 Å². The summed E-state index contributed by atoms with van der Waals surface area (Å²) in [6.07, 6.45) is 7.20. The standard InChI is InChI=1S/C16H24BrFN2O/c1-21-16(8-4-2-3-5-9-16)15(20-19)10-12-6-7-13(17)11-14(12)18/h6-7,11,15,20H,2-5,8-10,19H2,1H3. The molecule has 0 aromatic heterocycles. The molecule has 0 radical (unpaired) electrons. The SMILES string of the molecule is COC1(C(Cc2ccc(Br)cc2F)NN)CCCCCC1. The smallest absolute Gasteiger partial charge is 0.127 e. The zero-order chi connectivity index (χ0) is 15.3. The lowest BCUT2D eigenvalue weighted by molar-refractivity contribution is -0.0528. The molecule has 1 unspecified atom stereocenters. The van der Waals surface area contributed by atoms with Gasteiger partial charge in [-0.1, -0.05) is 47.7 Å². The van der Waals surface area contributed by atoms with Crippen LogP contribution in [-0.2, 0) is 11.2 Å². The topological polar surface area (TPSA) is 47.3 Å². The van der Waals surface area contributed by atoms with Gasteiger partial charge in [-0.3, -0.25) is 11.3 Å². The van der Waals surface area contributed by atoms with E-state index in [-0.39, 0.29) is 17.5 Å². The molecule has 118 valence electrons. The molecule has 1 atom stereocenters. The predicted molar refractivity (Wildman–Crippen MR) is 86.4 cm³/mol. The van der Waals surface area contributed by atoms with Crippen LogP contribution in [0.1, 0.15) is 44.1 Å². The lowest BCUT2D eigenvalue weighted by Gasteiger charge is -2.39. The van der Waals surface area contributed by atoms with Gasteiger partial charge < -0.3 is 4.74 Å². The van der Waals surface area contributed by atoms with E-state index in [2.05, 4.69) is 21.4 Å². The minimum absolute atomic E-state index is 0.0868. The highest BCUT2D eigenvalue weighted by Gasteiger charge is 2.39. The summed E-state index contributed by atoms with van der Waals surface area (Å²) >= 11 is 3.29. The summed E-state index contributed by atoms with van der Waals surface area (Å²) in [5.74, 6) is 5.58. The third-order valence-corrected chi connectivity index (χ3v) is 5.13. The van der Waals surface area contributed by atoms with E-state index in [4.69, 9.17) is 10.6 Å². The Bertz CT molecular complexity index is 462. The van der Waals surface area contributed by atoms with Crippen LogP contribution in [0.15, 0.2) is 22.7 Å². The van der Waals surface area contributed by atoms with Crippen LogP contribution in [0.5, 0.6) is 0 Å². The van der Waals surface area contributed by atoms with Gasteiger partial charge in [0, 0.05) is 11.6 Å². The molecule has 3 N–H and O–H groups in total. The molecule has 5 heteroatoms. The first kappa shape index (κ1) is 16.9. The predicted octanol–water partition coefficient (Wildman–Crippen LogP) is 3.70. The maximum Gasteiger partial charge on any atom is 0.127 e. The fourth-order valence-corrected chi connectivity index (χ4v) is 3.66. The Kier molecular flexibility index (Phi) is 6.17. The molecule has 1 aromatic rings. The first-order chi connectivity index (χ1) is 10.1. The third kappa shape index (κ3) is 4.03. The molecular weight excluding hydrogens is 335 g/mol. The number of hydrogen-bond acceptors (Lipinski definition) is 3. The molecule has 0 heterocycles. The molecule has 0 saturated heterocycles. The van der Waals surface area contributed by atoms with Gasteiger partial charge in [0.25, 0.3) is 0 Å². The second kappa shape index (κ2) is 7.68. The van der Waals surface area contributed by atoms with Crippen molar-refractivity contribution in [2.75, 3.05) is 7.11 Å². The molecule has 1 aliphatic rings. The average molecular weight is 359 g/mol. The number of ether oxygens (including phenoxy) is 1. The first-order valence-corrected chi connectivity index (χ1v) is 8.36. The summed E-state index contributed by atoms with van der Waals surface area (Å²) in [7, 11) is 1.74. The van der Waals surface area contributed by atoms with E-state index in [1.54, 1.807) is 7.11 Å². The molecule has 0 amide bonds. The van der Waals surface area contributed by atoms with Crippen molar-refractivity contribution in [1.82, 2.24) is 5.43 Å². The van der Waals surface area contributed by atoms with Crippen molar-refractivity contribution in [2.24, 2.45) is 5.84 Å². The Morgan fingerprint density at radius 2 is 2.00 bits per heavy atom. The van der Waals surface area contributed by atoms with Crippen LogP contribution in [0.4, 0.5) is 4.39 Å². The molecule has 0 spiro atoms. The quantitative estimate of drug-likeness (QED) is 0.479. The summed E-state index contributed by atoms with van der Waals surface area (Å²) in [6.45, 7) is 0. The van der Waals surface area contributed by atoms with Gasteiger partial charge in [0.1, 0.15) is 5.82 Å². The second-order valence-corrected chi connectivity index (χ2v) is 6.76. The third-order valence-electron chi connectivity index (χ3n) is 4.63. The highest BCUT2D eigenvalue weighted by Crippen LogP contribution is 2.34. The molecule has 1 aromatic carbocycles. The zero-order valence-corrected chi connectivity index (χ0v) is 14.1. The summed E-state index contributed by atoms with van der Waals surface area (Å²) in [5, 5.41) is 0. The number of nitrogens with two attached hydrogens (primary N) is 1. The zero-order valence-electron chi connectivity index (χ0n) is 12.5. The van der Waals surface area contributed by atoms with Crippen molar-refractivity contribution in [2.45, 2.75) is 56.6 Å². The molecule has 3 nitrogen and oxygen atoms in total. The van der Waals surface area contributed by atoms with E-state index in [1.807, 2.05) is 12.1 Å². The number of rotatable bonds is 5. The van der Waals surface area contributed by atoms with Gasteiger partial charge in [-0.05, 0) is 37.0 Å². The van der Waals surface area contributed by atoms with Crippen molar-refractivity contribution < 1.29 is 9.13 Å². The van der Waals surface area contributed by atoms with Crippen LogP contribution in [-0.4, -0.2) is 18.8 Å².